The molecule has 1 saturated heterocycles. The number of nitrogens with zero attached hydrogens (tertiary/aromatic N) is 4. The number of anilines is 1. The number of alkyl halides is 2. The minimum absolute atomic E-state index is 0.0723. The van der Waals surface area contributed by atoms with Gasteiger partial charge in [0.05, 0.1) is 6.04 Å². The average Bonchev–Trinajstić information content (AvgIpc) is 2.97. The molecule has 1 aromatic rings. The van der Waals surface area contributed by atoms with Crippen molar-refractivity contribution >= 4 is 23.5 Å². The number of hydrogen-bond acceptors (Lipinski definition) is 7. The fraction of sp³-hybridized carbons (Fsp3) is 0.571. The zero-order valence-corrected chi connectivity index (χ0v) is 23.1. The average molecular weight is 546 g/mol. The molecule has 0 aliphatic carbocycles. The van der Waals surface area contributed by atoms with Crippen LogP contribution in [0.25, 0.3) is 5.57 Å². The van der Waals surface area contributed by atoms with Crippen LogP contribution in [-0.4, -0.2) is 81.2 Å². The van der Waals surface area contributed by atoms with Crippen LogP contribution in [-0.2, 0) is 11.2 Å². The number of allylic oxidation sites excluding steroid dienone is 1. The topological polar surface area (TPSA) is 112 Å². The predicted molar refractivity (Wildman–Crippen MR) is 151 cm³/mol. The molecular formula is C28H41F2N7O2. The zero-order chi connectivity index (χ0) is 28.1. The molecule has 5 N–H and O–H groups in total. The fourth-order valence-electron chi connectivity index (χ4n) is 6.00. The van der Waals surface area contributed by atoms with Crippen molar-refractivity contribution < 1.29 is 18.3 Å². The number of hydrogen-bond donors (Lipinski definition) is 3. The maximum Gasteiger partial charge on any atom is 0.317 e. The molecule has 1 unspecified atom stereocenters. The number of fused-ring (bicyclic) bond motifs is 1. The number of carbonyl (C=O) groups excluding carboxylic acids is 1. The molecule has 0 radical (unpaired) electrons. The van der Waals surface area contributed by atoms with Crippen molar-refractivity contribution in [2.45, 2.75) is 57.5 Å². The third-order valence-corrected chi connectivity index (χ3v) is 8.12. The summed E-state index contributed by atoms with van der Waals surface area (Å²) in [6.07, 6.45) is 4.12. The quantitative estimate of drug-likeness (QED) is 0.275. The first-order valence-corrected chi connectivity index (χ1v) is 13.7. The molecule has 3 aliphatic heterocycles. The minimum atomic E-state index is -2.68. The summed E-state index contributed by atoms with van der Waals surface area (Å²) in [6, 6.07) is 3.30. The lowest BCUT2D eigenvalue weighted by molar-refractivity contribution is 0.0425. The summed E-state index contributed by atoms with van der Waals surface area (Å²) in [5, 5.41) is 4.61. The first kappa shape index (κ1) is 28.8. The van der Waals surface area contributed by atoms with E-state index in [1.54, 1.807) is 25.1 Å². The Kier molecular flexibility index (Phi) is 9.45. The van der Waals surface area contributed by atoms with E-state index in [-0.39, 0.29) is 23.7 Å². The Morgan fingerprint density at radius 2 is 2.00 bits per heavy atom. The highest BCUT2D eigenvalue weighted by molar-refractivity contribution is 6.10. The van der Waals surface area contributed by atoms with E-state index in [9.17, 15) is 13.6 Å². The van der Waals surface area contributed by atoms with Crippen molar-refractivity contribution in [1.82, 2.24) is 15.2 Å². The Morgan fingerprint density at radius 3 is 2.64 bits per heavy atom. The van der Waals surface area contributed by atoms with Crippen LogP contribution >= 0.6 is 0 Å². The fourth-order valence-corrected chi connectivity index (χ4v) is 6.00. The first-order valence-electron chi connectivity index (χ1n) is 13.7. The van der Waals surface area contributed by atoms with E-state index in [1.165, 1.54) is 12.4 Å². The van der Waals surface area contributed by atoms with Crippen molar-refractivity contribution in [3.63, 3.8) is 0 Å². The molecule has 1 aromatic carbocycles. The van der Waals surface area contributed by atoms with Gasteiger partial charge in [-0.25, -0.2) is 19.4 Å². The molecule has 1 atom stereocenters. The molecule has 0 spiro atoms. The third kappa shape index (κ3) is 6.04. The largest absolute Gasteiger partial charge is 0.404 e. The molecule has 11 heteroatoms. The lowest BCUT2D eigenvalue weighted by atomic mass is 9.90. The standard InChI is InChI=1S/C28H41F2N7O2/c1-18(24-17-35(28(38)34-3)10-6-25(24)37(32)21-7-11-39-12-8-21)36-9-4-5-19-13-22(20(15-31)16-33-2)23(27(29)30)14-26(19)36/h13-16,18,21,27H,4-12,17,31-32H2,1-3H3,(H,34,38). The number of benzene rings is 1. The second-order valence-corrected chi connectivity index (χ2v) is 10.3. The van der Waals surface area contributed by atoms with E-state index in [4.69, 9.17) is 16.3 Å². The molecule has 214 valence electrons. The smallest absolute Gasteiger partial charge is 0.317 e. The van der Waals surface area contributed by atoms with Crippen LogP contribution < -0.4 is 21.8 Å². The number of nitrogens with two attached hydrogens (primary N) is 2. The molecule has 3 heterocycles. The molecule has 39 heavy (non-hydrogen) atoms. The monoisotopic (exact) mass is 545 g/mol. The highest BCUT2D eigenvalue weighted by atomic mass is 19.3. The number of amides is 2. The van der Waals surface area contributed by atoms with Gasteiger partial charge in [0.1, 0.15) is 0 Å². The van der Waals surface area contributed by atoms with Gasteiger partial charge in [-0.2, -0.15) is 0 Å². The van der Waals surface area contributed by atoms with Crippen molar-refractivity contribution in [2.75, 3.05) is 51.8 Å². The number of aliphatic imine (C=N–C) groups is 1. The second-order valence-electron chi connectivity index (χ2n) is 10.3. The summed E-state index contributed by atoms with van der Waals surface area (Å²) >= 11 is 0. The SMILES string of the molecule is CN=CC(=CN)c1cc2c(cc1C(F)F)N(C(C)C1=C(N(N)C3CCOCC3)CCN(C(=O)NC)C1)CCC2. The van der Waals surface area contributed by atoms with Crippen molar-refractivity contribution in [3.8, 4) is 0 Å². The van der Waals surface area contributed by atoms with Gasteiger partial charge < -0.3 is 30.6 Å². The number of halogens is 2. The van der Waals surface area contributed by atoms with Crippen LogP contribution in [0.1, 0.15) is 55.7 Å². The van der Waals surface area contributed by atoms with Crippen LogP contribution in [0.4, 0.5) is 19.3 Å². The van der Waals surface area contributed by atoms with Gasteiger partial charge in [-0.15, -0.1) is 0 Å². The lowest BCUT2D eigenvalue weighted by Crippen LogP contribution is -2.52. The summed E-state index contributed by atoms with van der Waals surface area (Å²) in [4.78, 5) is 20.6. The zero-order valence-electron chi connectivity index (χ0n) is 23.1. The van der Waals surface area contributed by atoms with Gasteiger partial charge in [0.15, 0.2) is 0 Å². The molecule has 0 saturated carbocycles. The summed E-state index contributed by atoms with van der Waals surface area (Å²) in [5.41, 5.74) is 10.4. The van der Waals surface area contributed by atoms with Crippen LogP contribution in [0.2, 0.25) is 0 Å². The maximum atomic E-state index is 14.3. The van der Waals surface area contributed by atoms with E-state index in [2.05, 4.69) is 22.1 Å². The van der Waals surface area contributed by atoms with Gasteiger partial charge in [-0.1, -0.05) is 0 Å². The number of carbonyl (C=O) groups is 1. The van der Waals surface area contributed by atoms with Crippen molar-refractivity contribution in [1.29, 1.82) is 0 Å². The van der Waals surface area contributed by atoms with Crippen LogP contribution in [0.3, 0.4) is 0 Å². The van der Waals surface area contributed by atoms with E-state index < -0.39 is 6.43 Å². The Balaban J connectivity index is 1.76. The summed E-state index contributed by atoms with van der Waals surface area (Å²) in [5.74, 6) is 6.74. The Bertz CT molecular complexity index is 1130. The molecule has 4 rings (SSSR count). The molecule has 2 amide bonds. The van der Waals surface area contributed by atoms with Crippen LogP contribution in [0.5, 0.6) is 0 Å². The molecule has 9 nitrogen and oxygen atoms in total. The van der Waals surface area contributed by atoms with E-state index in [0.717, 1.165) is 48.2 Å². The summed E-state index contributed by atoms with van der Waals surface area (Å²) in [6.45, 7) is 5.12. The Labute approximate surface area is 229 Å². The maximum absolute atomic E-state index is 14.3. The third-order valence-electron chi connectivity index (χ3n) is 8.12. The number of urea groups is 1. The van der Waals surface area contributed by atoms with Gasteiger partial charge in [0.2, 0.25) is 0 Å². The van der Waals surface area contributed by atoms with E-state index in [1.807, 2.05) is 11.1 Å². The van der Waals surface area contributed by atoms with E-state index in [0.29, 0.717) is 50.4 Å². The van der Waals surface area contributed by atoms with E-state index >= 15 is 0 Å². The number of nitrogens with one attached hydrogen (secondary N) is 1. The first-order chi connectivity index (χ1) is 18.8. The number of aryl methyl sites for hydroxylation is 1. The van der Waals surface area contributed by atoms with Crippen molar-refractivity contribution in [3.05, 3.63) is 46.3 Å². The molecule has 0 aromatic heterocycles. The normalized spacial score (nSPS) is 20.0. The number of hydrazine groups is 1. The summed E-state index contributed by atoms with van der Waals surface area (Å²) in [7, 11) is 3.21. The number of rotatable bonds is 7. The van der Waals surface area contributed by atoms with Gasteiger partial charge in [0.25, 0.3) is 6.43 Å². The van der Waals surface area contributed by atoms with Crippen molar-refractivity contribution in [2.24, 2.45) is 16.6 Å². The Hall–Kier alpha value is -3.18. The highest BCUT2D eigenvalue weighted by Gasteiger charge is 2.34. The van der Waals surface area contributed by atoms with Crippen LogP contribution in [0, 0.1) is 0 Å². The molecule has 1 fully saturated rings. The van der Waals surface area contributed by atoms with Crippen LogP contribution in [0.15, 0.2) is 34.6 Å². The minimum Gasteiger partial charge on any atom is -0.404 e. The lowest BCUT2D eigenvalue weighted by Gasteiger charge is -2.44. The van der Waals surface area contributed by atoms with Gasteiger partial charge in [-0.05, 0) is 61.4 Å². The van der Waals surface area contributed by atoms with Gasteiger partial charge in [0, 0.05) is 94.3 Å². The molecule has 3 aliphatic rings. The van der Waals surface area contributed by atoms with Gasteiger partial charge in [-0.3, -0.25) is 4.99 Å². The summed E-state index contributed by atoms with van der Waals surface area (Å²) < 4.78 is 34.2. The Morgan fingerprint density at radius 1 is 1.26 bits per heavy atom. The number of ether oxygens (including phenoxy) is 1. The second kappa shape index (κ2) is 12.8. The predicted octanol–water partition coefficient (Wildman–Crippen LogP) is 3.42. The molecule has 0 bridgehead atoms. The highest BCUT2D eigenvalue weighted by Crippen LogP contribution is 2.39. The van der Waals surface area contributed by atoms with Gasteiger partial charge >= 0.3 is 6.03 Å². The molecular weight excluding hydrogens is 504 g/mol.